The number of anilines is 1. The number of rotatable bonds is 4. The normalized spacial score (nSPS) is 13.4. The van der Waals surface area contributed by atoms with Gasteiger partial charge in [-0.3, -0.25) is 4.79 Å². The van der Waals surface area contributed by atoms with Gasteiger partial charge in [-0.1, -0.05) is 13.3 Å². The topological polar surface area (TPSA) is 55.1 Å². The zero-order chi connectivity index (χ0) is 13.1. The molecule has 1 aromatic rings. The van der Waals surface area contributed by atoms with Crippen molar-refractivity contribution in [3.63, 3.8) is 0 Å². The van der Waals surface area contributed by atoms with E-state index in [1.807, 2.05) is 6.92 Å². The van der Waals surface area contributed by atoms with Crippen LogP contribution in [-0.2, 0) is 4.79 Å². The molecule has 1 aromatic carbocycles. The van der Waals surface area contributed by atoms with Crippen LogP contribution in [0, 0.1) is 5.82 Å². The van der Waals surface area contributed by atoms with Crippen LogP contribution >= 0.6 is 28.3 Å². The van der Waals surface area contributed by atoms with Crippen LogP contribution in [0.5, 0.6) is 0 Å². The molecule has 1 unspecified atom stereocenters. The third kappa shape index (κ3) is 4.55. The van der Waals surface area contributed by atoms with Gasteiger partial charge in [0.05, 0.1) is 10.0 Å². The number of benzene rings is 1. The van der Waals surface area contributed by atoms with Gasteiger partial charge in [0.2, 0.25) is 5.91 Å². The lowest BCUT2D eigenvalue weighted by molar-refractivity contribution is -0.120. The summed E-state index contributed by atoms with van der Waals surface area (Å²) in [5.41, 5.74) is 5.35. The highest BCUT2D eigenvalue weighted by atomic mass is 79.9. The van der Waals surface area contributed by atoms with Gasteiger partial charge >= 0.3 is 0 Å². The number of nitrogens with two attached hydrogens (primary N) is 1. The minimum absolute atomic E-state index is 0. The fourth-order valence-electron chi connectivity index (χ4n) is 1.48. The summed E-state index contributed by atoms with van der Waals surface area (Å²) in [5, 5.41) is 2.61. The second-order valence-corrected chi connectivity index (χ2v) is 5.10. The summed E-state index contributed by atoms with van der Waals surface area (Å²) >= 11 is 3.05. The van der Waals surface area contributed by atoms with E-state index in [-0.39, 0.29) is 18.3 Å². The Morgan fingerprint density at radius 3 is 2.67 bits per heavy atom. The van der Waals surface area contributed by atoms with Crippen molar-refractivity contribution in [1.29, 1.82) is 0 Å². The molecule has 0 radical (unpaired) electrons. The van der Waals surface area contributed by atoms with Crippen LogP contribution in [0.25, 0.3) is 0 Å². The number of hydrogen-bond acceptors (Lipinski definition) is 2. The molecule has 102 valence electrons. The van der Waals surface area contributed by atoms with Gasteiger partial charge in [-0.15, -0.1) is 12.4 Å². The van der Waals surface area contributed by atoms with E-state index in [1.165, 1.54) is 6.07 Å². The van der Waals surface area contributed by atoms with E-state index < -0.39 is 11.4 Å². The van der Waals surface area contributed by atoms with Crippen molar-refractivity contribution in [3.05, 3.63) is 28.5 Å². The maximum atomic E-state index is 13.2. The van der Waals surface area contributed by atoms with Crippen molar-refractivity contribution in [1.82, 2.24) is 0 Å². The summed E-state index contributed by atoms with van der Waals surface area (Å²) in [4.78, 5) is 11.9. The Labute approximate surface area is 121 Å². The zero-order valence-corrected chi connectivity index (χ0v) is 12.7. The third-order valence-electron chi connectivity index (χ3n) is 2.47. The second kappa shape index (κ2) is 7.07. The Hall–Kier alpha value is -0.650. The molecular weight excluding hydrogens is 322 g/mol. The quantitative estimate of drug-likeness (QED) is 0.882. The van der Waals surface area contributed by atoms with Gasteiger partial charge in [0.25, 0.3) is 0 Å². The monoisotopic (exact) mass is 338 g/mol. The Morgan fingerprint density at radius 1 is 1.56 bits per heavy atom. The first-order chi connectivity index (χ1) is 7.86. The van der Waals surface area contributed by atoms with Crippen LogP contribution < -0.4 is 11.1 Å². The van der Waals surface area contributed by atoms with E-state index in [0.29, 0.717) is 16.6 Å². The molecule has 1 amide bonds. The number of nitrogens with one attached hydrogen (secondary N) is 1. The molecule has 0 saturated carbocycles. The number of hydrogen-bond donors (Lipinski definition) is 2. The van der Waals surface area contributed by atoms with Crippen molar-refractivity contribution in [2.45, 2.75) is 32.2 Å². The summed E-state index contributed by atoms with van der Waals surface area (Å²) in [5.74, 6) is -0.724. The average Bonchev–Trinajstić information content (AvgIpc) is 2.23. The van der Waals surface area contributed by atoms with Crippen molar-refractivity contribution in [2.75, 3.05) is 5.32 Å². The molecule has 0 heterocycles. The summed E-state index contributed by atoms with van der Waals surface area (Å²) < 4.78 is 13.6. The van der Waals surface area contributed by atoms with Crippen LogP contribution in [0.4, 0.5) is 10.1 Å². The molecule has 0 aromatic heterocycles. The highest BCUT2D eigenvalue weighted by molar-refractivity contribution is 9.10. The second-order valence-electron chi connectivity index (χ2n) is 4.25. The van der Waals surface area contributed by atoms with Crippen LogP contribution in [0.1, 0.15) is 26.7 Å². The minimum Gasteiger partial charge on any atom is -0.324 e. The molecule has 0 aliphatic heterocycles. The molecule has 1 rings (SSSR count). The van der Waals surface area contributed by atoms with Gasteiger partial charge in [-0.05, 0) is 47.5 Å². The van der Waals surface area contributed by atoms with Gasteiger partial charge in [0.15, 0.2) is 0 Å². The first-order valence-corrected chi connectivity index (χ1v) is 6.21. The number of carbonyl (C=O) groups is 1. The van der Waals surface area contributed by atoms with Gasteiger partial charge < -0.3 is 11.1 Å². The Bertz CT molecular complexity index is 427. The molecule has 0 fully saturated rings. The van der Waals surface area contributed by atoms with E-state index in [4.69, 9.17) is 5.73 Å². The molecule has 0 aliphatic rings. The van der Waals surface area contributed by atoms with Crippen LogP contribution in [0.3, 0.4) is 0 Å². The first kappa shape index (κ1) is 17.4. The van der Waals surface area contributed by atoms with Crippen molar-refractivity contribution in [2.24, 2.45) is 5.73 Å². The van der Waals surface area contributed by atoms with Gasteiger partial charge in [-0.2, -0.15) is 0 Å². The molecular formula is C12H17BrClFN2O. The fourth-order valence-corrected chi connectivity index (χ4v) is 1.73. The highest BCUT2D eigenvalue weighted by Crippen LogP contribution is 2.20. The van der Waals surface area contributed by atoms with Crippen molar-refractivity contribution in [3.8, 4) is 0 Å². The lowest BCUT2D eigenvalue weighted by Gasteiger charge is -2.22. The molecule has 0 saturated heterocycles. The van der Waals surface area contributed by atoms with E-state index in [2.05, 4.69) is 21.2 Å². The van der Waals surface area contributed by atoms with Crippen molar-refractivity contribution >= 4 is 39.9 Å². The number of carbonyl (C=O) groups excluding carboxylic acids is 1. The van der Waals surface area contributed by atoms with Crippen LogP contribution in [0.15, 0.2) is 22.7 Å². The Morgan fingerprint density at radius 2 is 2.17 bits per heavy atom. The minimum atomic E-state index is -0.932. The smallest absolute Gasteiger partial charge is 0.244 e. The van der Waals surface area contributed by atoms with Crippen LogP contribution in [-0.4, -0.2) is 11.4 Å². The average molecular weight is 340 g/mol. The third-order valence-corrected chi connectivity index (χ3v) is 3.11. The number of halogens is 3. The summed E-state index contributed by atoms with van der Waals surface area (Å²) in [7, 11) is 0. The predicted octanol–water partition coefficient (Wildman–Crippen LogP) is 3.47. The Balaban J connectivity index is 0.00000289. The molecule has 0 bridgehead atoms. The largest absolute Gasteiger partial charge is 0.324 e. The van der Waals surface area contributed by atoms with Crippen molar-refractivity contribution < 1.29 is 9.18 Å². The molecule has 0 aliphatic carbocycles. The van der Waals surface area contributed by atoms with Crippen LogP contribution in [0.2, 0.25) is 0 Å². The fraction of sp³-hybridized carbons (Fsp3) is 0.417. The molecule has 0 spiro atoms. The predicted molar refractivity (Wildman–Crippen MR) is 77.5 cm³/mol. The summed E-state index contributed by atoms with van der Waals surface area (Å²) in [6, 6.07) is 4.41. The zero-order valence-electron chi connectivity index (χ0n) is 10.3. The van der Waals surface area contributed by atoms with E-state index in [1.54, 1.807) is 19.1 Å². The van der Waals surface area contributed by atoms with Gasteiger partial charge in [-0.25, -0.2) is 4.39 Å². The standard InChI is InChI=1S/C12H16BrFN2O.ClH/c1-3-6-12(2,15)11(17)16-8-4-5-9(13)10(14)7-8;/h4-5,7H,3,6,15H2,1-2H3,(H,16,17);1H. The van der Waals surface area contributed by atoms with Gasteiger partial charge in [0.1, 0.15) is 5.82 Å². The highest BCUT2D eigenvalue weighted by Gasteiger charge is 2.27. The first-order valence-electron chi connectivity index (χ1n) is 5.42. The molecule has 1 atom stereocenters. The molecule has 6 heteroatoms. The SMILES string of the molecule is CCCC(C)(N)C(=O)Nc1ccc(Br)c(F)c1.Cl. The molecule has 3 nitrogen and oxygen atoms in total. The molecule has 3 N–H and O–H groups in total. The number of amides is 1. The maximum Gasteiger partial charge on any atom is 0.244 e. The molecule has 18 heavy (non-hydrogen) atoms. The van der Waals surface area contributed by atoms with E-state index >= 15 is 0 Å². The summed E-state index contributed by atoms with van der Waals surface area (Å²) in [6.45, 7) is 3.62. The lowest BCUT2D eigenvalue weighted by atomic mass is 9.96. The Kier molecular flexibility index (Phi) is 6.81. The maximum absolute atomic E-state index is 13.2. The summed E-state index contributed by atoms with van der Waals surface area (Å²) in [6.07, 6.45) is 1.40. The van der Waals surface area contributed by atoms with E-state index in [9.17, 15) is 9.18 Å². The van der Waals surface area contributed by atoms with Gasteiger partial charge in [0, 0.05) is 5.69 Å². The lowest BCUT2D eigenvalue weighted by Crippen LogP contribution is -2.48. The van der Waals surface area contributed by atoms with E-state index in [0.717, 1.165) is 6.42 Å².